The molecular formula is C22H24IN7O2. The first-order valence-electron chi connectivity index (χ1n) is 10.7. The summed E-state index contributed by atoms with van der Waals surface area (Å²) >= 11 is 2.29. The highest BCUT2D eigenvalue weighted by molar-refractivity contribution is 14.1. The minimum Gasteiger partial charge on any atom is -0.455 e. The summed E-state index contributed by atoms with van der Waals surface area (Å²) in [6, 6.07) is 12.0. The van der Waals surface area contributed by atoms with E-state index in [0.717, 1.165) is 50.3 Å². The second-order valence-electron chi connectivity index (χ2n) is 7.63. The summed E-state index contributed by atoms with van der Waals surface area (Å²) < 4.78 is 12.5. The number of nitrogens with one attached hydrogen (secondary N) is 1. The Morgan fingerprint density at radius 1 is 0.875 bits per heavy atom. The number of hydrogen-bond donors (Lipinski definition) is 1. The third kappa shape index (κ3) is 5.01. The number of rotatable bonds is 6. The molecule has 0 radical (unpaired) electrons. The van der Waals surface area contributed by atoms with Crippen LogP contribution in [0.1, 0.15) is 18.6 Å². The fourth-order valence-corrected chi connectivity index (χ4v) is 4.07. The maximum atomic E-state index is 5.90. The molecule has 2 saturated heterocycles. The Hall–Kier alpha value is -2.73. The predicted molar refractivity (Wildman–Crippen MR) is 132 cm³/mol. The number of aromatic nitrogens is 3. The average Bonchev–Trinajstić information content (AvgIpc) is 3.53. The Kier molecular flexibility index (Phi) is 6.49. The van der Waals surface area contributed by atoms with Gasteiger partial charge in [0.1, 0.15) is 11.5 Å². The van der Waals surface area contributed by atoms with Gasteiger partial charge in [-0.15, -0.1) is 0 Å². The number of hydrazone groups is 1. The number of nitrogens with zero attached hydrogens (tertiary/aromatic N) is 6. The maximum absolute atomic E-state index is 5.90. The molecule has 5 rings (SSSR count). The van der Waals surface area contributed by atoms with E-state index < -0.39 is 0 Å². The molecule has 0 saturated carbocycles. The van der Waals surface area contributed by atoms with Crippen molar-refractivity contribution in [3.05, 3.63) is 45.7 Å². The topological polar surface area (TPSA) is 91.9 Å². The highest BCUT2D eigenvalue weighted by Crippen LogP contribution is 2.23. The highest BCUT2D eigenvalue weighted by Gasteiger charge is 2.21. The van der Waals surface area contributed by atoms with Crippen molar-refractivity contribution in [1.29, 1.82) is 0 Å². The summed E-state index contributed by atoms with van der Waals surface area (Å²) in [6.45, 7) is 4.80. The molecule has 166 valence electrons. The second kappa shape index (κ2) is 9.82. The van der Waals surface area contributed by atoms with Crippen molar-refractivity contribution in [2.45, 2.75) is 12.8 Å². The molecule has 0 bridgehead atoms. The van der Waals surface area contributed by atoms with Crippen LogP contribution in [0.2, 0.25) is 0 Å². The highest BCUT2D eigenvalue weighted by atomic mass is 127. The molecule has 0 unspecified atom stereocenters. The molecule has 3 aromatic rings. The smallest absolute Gasteiger partial charge is 0.250 e. The van der Waals surface area contributed by atoms with Gasteiger partial charge in [0.15, 0.2) is 0 Å². The standard InChI is InChI=1S/C22H24IN7O2/c23-17-5-3-16(4-6-17)19-8-7-18(32-19)15-24-28-20-25-21(29-9-1-2-10-29)27-22(26-20)30-11-13-31-14-12-30/h3-8,15H,1-2,9-14H2,(H,25,26,27,28)/b24-15-. The zero-order valence-corrected chi connectivity index (χ0v) is 19.7. The van der Waals surface area contributed by atoms with Crippen LogP contribution in [0.25, 0.3) is 11.3 Å². The van der Waals surface area contributed by atoms with Crippen LogP contribution < -0.4 is 15.2 Å². The Bertz CT molecular complexity index is 1070. The van der Waals surface area contributed by atoms with Gasteiger partial charge in [-0.2, -0.15) is 20.1 Å². The number of furan rings is 1. The van der Waals surface area contributed by atoms with Crippen LogP contribution in [-0.2, 0) is 4.74 Å². The number of anilines is 3. The van der Waals surface area contributed by atoms with E-state index in [0.29, 0.717) is 36.8 Å². The van der Waals surface area contributed by atoms with Crippen LogP contribution in [0, 0.1) is 3.57 Å². The van der Waals surface area contributed by atoms with Crippen molar-refractivity contribution in [2.24, 2.45) is 5.10 Å². The normalized spacial score (nSPS) is 16.8. The van der Waals surface area contributed by atoms with E-state index >= 15 is 0 Å². The van der Waals surface area contributed by atoms with Crippen LogP contribution in [-0.4, -0.2) is 60.6 Å². The van der Waals surface area contributed by atoms with Gasteiger partial charge >= 0.3 is 0 Å². The molecular weight excluding hydrogens is 521 g/mol. The minimum atomic E-state index is 0.420. The first-order valence-corrected chi connectivity index (χ1v) is 11.8. The molecule has 0 aliphatic carbocycles. The van der Waals surface area contributed by atoms with E-state index in [-0.39, 0.29) is 0 Å². The summed E-state index contributed by atoms with van der Waals surface area (Å²) in [5.74, 6) is 3.21. The lowest BCUT2D eigenvalue weighted by Crippen LogP contribution is -2.38. The number of benzene rings is 1. The SMILES string of the molecule is Ic1ccc(-c2ccc(/C=N\Nc3nc(N4CCCC4)nc(N4CCOCC4)n3)o2)cc1. The second-order valence-corrected chi connectivity index (χ2v) is 8.88. The van der Waals surface area contributed by atoms with E-state index in [9.17, 15) is 0 Å². The summed E-state index contributed by atoms with van der Waals surface area (Å²) in [4.78, 5) is 18.2. The Balaban J connectivity index is 1.32. The van der Waals surface area contributed by atoms with Crippen LogP contribution in [0.5, 0.6) is 0 Å². The van der Waals surface area contributed by atoms with Gasteiger partial charge in [0, 0.05) is 35.3 Å². The molecule has 2 aliphatic heterocycles. The van der Waals surface area contributed by atoms with Crippen molar-refractivity contribution in [3.63, 3.8) is 0 Å². The van der Waals surface area contributed by atoms with Gasteiger partial charge in [-0.05, 0) is 59.7 Å². The third-order valence-corrected chi connectivity index (χ3v) is 6.13. The largest absolute Gasteiger partial charge is 0.455 e. The van der Waals surface area contributed by atoms with E-state index in [1.165, 1.54) is 3.57 Å². The lowest BCUT2D eigenvalue weighted by Gasteiger charge is -2.27. The Morgan fingerprint density at radius 2 is 1.56 bits per heavy atom. The first-order chi connectivity index (χ1) is 15.7. The molecule has 4 heterocycles. The van der Waals surface area contributed by atoms with Crippen molar-refractivity contribution in [2.75, 3.05) is 54.6 Å². The molecule has 1 N–H and O–H groups in total. The van der Waals surface area contributed by atoms with E-state index in [2.05, 4.69) is 65.0 Å². The molecule has 0 atom stereocenters. The Morgan fingerprint density at radius 3 is 2.28 bits per heavy atom. The van der Waals surface area contributed by atoms with Gasteiger partial charge in [0.05, 0.1) is 19.4 Å². The molecule has 10 heteroatoms. The fraction of sp³-hybridized carbons (Fsp3) is 0.364. The molecule has 0 amide bonds. The van der Waals surface area contributed by atoms with Gasteiger partial charge in [-0.1, -0.05) is 12.1 Å². The van der Waals surface area contributed by atoms with Gasteiger partial charge in [0.25, 0.3) is 0 Å². The van der Waals surface area contributed by atoms with Crippen LogP contribution in [0.3, 0.4) is 0 Å². The molecule has 2 fully saturated rings. The average molecular weight is 545 g/mol. The quantitative estimate of drug-likeness (QED) is 0.286. The molecule has 32 heavy (non-hydrogen) atoms. The summed E-state index contributed by atoms with van der Waals surface area (Å²) in [5, 5.41) is 4.30. The minimum absolute atomic E-state index is 0.420. The van der Waals surface area contributed by atoms with E-state index in [1.807, 2.05) is 24.3 Å². The van der Waals surface area contributed by atoms with Crippen molar-refractivity contribution >= 4 is 46.7 Å². The van der Waals surface area contributed by atoms with E-state index in [1.54, 1.807) is 6.21 Å². The number of halogens is 1. The summed E-state index contributed by atoms with van der Waals surface area (Å²) in [7, 11) is 0. The van der Waals surface area contributed by atoms with Gasteiger partial charge in [-0.3, -0.25) is 0 Å². The number of morpholine rings is 1. The zero-order valence-electron chi connectivity index (χ0n) is 17.6. The van der Waals surface area contributed by atoms with Gasteiger partial charge in [-0.25, -0.2) is 5.43 Å². The monoisotopic (exact) mass is 545 g/mol. The van der Waals surface area contributed by atoms with Crippen LogP contribution in [0.4, 0.5) is 17.8 Å². The fourth-order valence-electron chi connectivity index (χ4n) is 3.71. The van der Waals surface area contributed by atoms with Crippen LogP contribution in [0.15, 0.2) is 45.9 Å². The molecule has 1 aromatic carbocycles. The molecule has 2 aromatic heterocycles. The van der Waals surface area contributed by atoms with Gasteiger partial charge in [0.2, 0.25) is 17.8 Å². The van der Waals surface area contributed by atoms with Crippen molar-refractivity contribution < 1.29 is 9.15 Å². The summed E-state index contributed by atoms with van der Waals surface area (Å²) in [6.07, 6.45) is 3.94. The lowest BCUT2D eigenvalue weighted by molar-refractivity contribution is 0.122. The number of ether oxygens (including phenoxy) is 1. The third-order valence-electron chi connectivity index (χ3n) is 5.41. The summed E-state index contributed by atoms with van der Waals surface area (Å²) in [5.41, 5.74) is 3.98. The molecule has 2 aliphatic rings. The molecule has 0 spiro atoms. The lowest BCUT2D eigenvalue weighted by atomic mass is 10.2. The Labute approximate surface area is 200 Å². The van der Waals surface area contributed by atoms with Crippen LogP contribution >= 0.6 is 22.6 Å². The van der Waals surface area contributed by atoms with Crippen molar-refractivity contribution in [1.82, 2.24) is 15.0 Å². The van der Waals surface area contributed by atoms with Gasteiger partial charge < -0.3 is 19.0 Å². The molecule has 9 nitrogen and oxygen atoms in total. The number of hydrogen-bond acceptors (Lipinski definition) is 9. The predicted octanol–water partition coefficient (Wildman–Crippen LogP) is 3.62. The van der Waals surface area contributed by atoms with E-state index in [4.69, 9.17) is 14.1 Å². The zero-order chi connectivity index (χ0) is 21.8. The maximum Gasteiger partial charge on any atom is 0.250 e. The van der Waals surface area contributed by atoms with Crippen molar-refractivity contribution in [3.8, 4) is 11.3 Å². The first kappa shape index (κ1) is 21.1.